The summed E-state index contributed by atoms with van der Waals surface area (Å²) in [6.45, 7) is 4.11. The lowest BCUT2D eigenvalue weighted by atomic mass is 10.4. The van der Waals surface area contributed by atoms with Gasteiger partial charge in [0.2, 0.25) is 0 Å². The highest BCUT2D eigenvalue weighted by atomic mass is 32.1. The summed E-state index contributed by atoms with van der Waals surface area (Å²) in [6, 6.07) is 0.612. The Balaban J connectivity index is 2.17. The van der Waals surface area contributed by atoms with E-state index in [4.69, 9.17) is 4.74 Å². The molecule has 5 heteroatoms. The highest BCUT2D eigenvalue weighted by molar-refractivity contribution is 7.15. The van der Waals surface area contributed by atoms with E-state index in [1.54, 1.807) is 18.3 Å². The van der Waals surface area contributed by atoms with Crippen molar-refractivity contribution < 1.29 is 9.53 Å². The quantitative estimate of drug-likeness (QED) is 0.757. The van der Waals surface area contributed by atoms with Crippen molar-refractivity contribution in [1.82, 2.24) is 4.98 Å². The zero-order valence-electron chi connectivity index (χ0n) is 9.82. The second-order valence-electron chi connectivity index (χ2n) is 3.96. The molecule has 1 saturated carbocycles. The molecule has 1 aromatic heterocycles. The second kappa shape index (κ2) is 4.41. The van der Waals surface area contributed by atoms with Crippen LogP contribution in [0.3, 0.4) is 0 Å². The fraction of sp³-hybridized carbons (Fsp3) is 0.636. The minimum absolute atomic E-state index is 0.313. The Kier molecular flexibility index (Phi) is 3.14. The Morgan fingerprint density at radius 3 is 2.88 bits per heavy atom. The van der Waals surface area contributed by atoms with Gasteiger partial charge in [0.05, 0.1) is 6.61 Å². The number of anilines is 1. The van der Waals surface area contributed by atoms with E-state index in [9.17, 15) is 4.79 Å². The number of hydrogen-bond donors (Lipinski definition) is 0. The Morgan fingerprint density at radius 1 is 1.62 bits per heavy atom. The Labute approximate surface area is 99.2 Å². The van der Waals surface area contributed by atoms with Gasteiger partial charge in [0.25, 0.3) is 0 Å². The summed E-state index contributed by atoms with van der Waals surface area (Å²) >= 11 is 1.56. The molecule has 0 atom stereocenters. The predicted molar refractivity (Wildman–Crippen MR) is 64.2 cm³/mol. The molecule has 2 rings (SSSR count). The van der Waals surface area contributed by atoms with Crippen LogP contribution in [-0.4, -0.2) is 30.6 Å². The highest BCUT2D eigenvalue weighted by Gasteiger charge is 2.29. The van der Waals surface area contributed by atoms with Crippen LogP contribution in [0.4, 0.5) is 5.13 Å². The average molecular weight is 240 g/mol. The van der Waals surface area contributed by atoms with Crippen LogP contribution in [0, 0.1) is 6.92 Å². The van der Waals surface area contributed by atoms with Crippen LogP contribution in [0.5, 0.6) is 0 Å². The van der Waals surface area contributed by atoms with Crippen molar-refractivity contribution in [2.75, 3.05) is 18.6 Å². The summed E-state index contributed by atoms with van der Waals surface area (Å²) in [5.74, 6) is -0.313. The minimum Gasteiger partial charge on any atom is -0.461 e. The maximum absolute atomic E-state index is 11.6. The molecule has 1 aliphatic carbocycles. The van der Waals surface area contributed by atoms with Crippen LogP contribution in [-0.2, 0) is 4.74 Å². The molecule has 0 N–H and O–H groups in total. The van der Waals surface area contributed by atoms with Gasteiger partial charge in [0.1, 0.15) is 0 Å². The molecule has 16 heavy (non-hydrogen) atoms. The van der Waals surface area contributed by atoms with Crippen LogP contribution < -0.4 is 4.90 Å². The van der Waals surface area contributed by atoms with Crippen LogP contribution in [0.25, 0.3) is 0 Å². The number of thiazole rings is 1. The maximum Gasteiger partial charge on any atom is 0.358 e. The summed E-state index contributed by atoms with van der Waals surface area (Å²) in [5.41, 5.74) is 0.467. The first-order chi connectivity index (χ1) is 7.63. The number of carbonyl (C=O) groups excluding carboxylic acids is 1. The summed E-state index contributed by atoms with van der Waals surface area (Å²) in [6.07, 6.45) is 2.45. The monoisotopic (exact) mass is 240 g/mol. The van der Waals surface area contributed by atoms with Gasteiger partial charge in [-0.2, -0.15) is 0 Å². The molecule has 1 aliphatic rings. The molecular formula is C11H16N2O2S. The van der Waals surface area contributed by atoms with Gasteiger partial charge >= 0.3 is 5.97 Å². The van der Waals surface area contributed by atoms with E-state index in [0.29, 0.717) is 18.3 Å². The number of nitrogens with zero attached hydrogens (tertiary/aromatic N) is 2. The van der Waals surface area contributed by atoms with Gasteiger partial charge in [0.15, 0.2) is 10.8 Å². The van der Waals surface area contributed by atoms with Gasteiger partial charge in [-0.25, -0.2) is 9.78 Å². The first kappa shape index (κ1) is 11.4. The van der Waals surface area contributed by atoms with E-state index in [1.165, 1.54) is 12.8 Å². The number of rotatable bonds is 4. The molecule has 88 valence electrons. The third-order valence-corrected chi connectivity index (χ3v) is 3.71. The molecule has 0 aliphatic heterocycles. The Bertz CT molecular complexity index is 399. The van der Waals surface area contributed by atoms with Crippen molar-refractivity contribution >= 4 is 22.4 Å². The van der Waals surface area contributed by atoms with E-state index in [0.717, 1.165) is 10.0 Å². The fourth-order valence-electron chi connectivity index (χ4n) is 1.54. The van der Waals surface area contributed by atoms with Crippen LogP contribution in [0.15, 0.2) is 0 Å². The van der Waals surface area contributed by atoms with Gasteiger partial charge in [-0.05, 0) is 26.7 Å². The molecule has 0 aromatic carbocycles. The van der Waals surface area contributed by atoms with E-state index in [2.05, 4.69) is 9.88 Å². The molecule has 1 heterocycles. The molecule has 0 amide bonds. The Morgan fingerprint density at radius 2 is 2.31 bits per heavy atom. The largest absolute Gasteiger partial charge is 0.461 e. The zero-order valence-corrected chi connectivity index (χ0v) is 10.6. The highest BCUT2D eigenvalue weighted by Crippen LogP contribution is 2.33. The molecular weight excluding hydrogens is 224 g/mol. The van der Waals surface area contributed by atoms with Gasteiger partial charge in [0, 0.05) is 18.0 Å². The molecule has 0 spiro atoms. The van der Waals surface area contributed by atoms with E-state index in [1.807, 2.05) is 14.0 Å². The normalized spacial score (nSPS) is 14.9. The van der Waals surface area contributed by atoms with Crippen molar-refractivity contribution in [2.24, 2.45) is 0 Å². The number of ether oxygens (including phenoxy) is 1. The molecule has 0 bridgehead atoms. The summed E-state index contributed by atoms with van der Waals surface area (Å²) in [5, 5.41) is 0.919. The first-order valence-electron chi connectivity index (χ1n) is 5.51. The SMILES string of the molecule is CCOC(=O)c1nc(N(C)C2CC2)sc1C. The number of aryl methyl sites for hydroxylation is 1. The van der Waals surface area contributed by atoms with E-state index >= 15 is 0 Å². The molecule has 0 saturated heterocycles. The van der Waals surface area contributed by atoms with E-state index in [-0.39, 0.29) is 5.97 Å². The maximum atomic E-state index is 11.6. The van der Waals surface area contributed by atoms with Crippen LogP contribution in [0.1, 0.15) is 35.1 Å². The summed E-state index contributed by atoms with van der Waals surface area (Å²) in [7, 11) is 2.03. The average Bonchev–Trinajstić information content (AvgIpc) is 3.01. The molecule has 1 fully saturated rings. The number of esters is 1. The second-order valence-corrected chi connectivity index (χ2v) is 5.15. The molecule has 4 nitrogen and oxygen atoms in total. The van der Waals surface area contributed by atoms with Gasteiger partial charge < -0.3 is 9.64 Å². The van der Waals surface area contributed by atoms with Crippen LogP contribution in [0.2, 0.25) is 0 Å². The zero-order chi connectivity index (χ0) is 11.7. The molecule has 0 unspecified atom stereocenters. The van der Waals surface area contributed by atoms with E-state index < -0.39 is 0 Å². The lowest BCUT2D eigenvalue weighted by Gasteiger charge is -2.13. The first-order valence-corrected chi connectivity index (χ1v) is 6.32. The van der Waals surface area contributed by atoms with Crippen molar-refractivity contribution in [3.05, 3.63) is 10.6 Å². The van der Waals surface area contributed by atoms with Crippen molar-refractivity contribution in [1.29, 1.82) is 0 Å². The van der Waals surface area contributed by atoms with Gasteiger partial charge in [-0.3, -0.25) is 0 Å². The third kappa shape index (κ3) is 2.19. The lowest BCUT2D eigenvalue weighted by Crippen LogP contribution is -2.19. The molecule has 1 aromatic rings. The number of aromatic nitrogens is 1. The number of carbonyl (C=O) groups is 1. The van der Waals surface area contributed by atoms with Crippen molar-refractivity contribution in [3.8, 4) is 0 Å². The number of hydrogen-bond acceptors (Lipinski definition) is 5. The topological polar surface area (TPSA) is 42.4 Å². The van der Waals surface area contributed by atoms with Crippen molar-refractivity contribution in [2.45, 2.75) is 32.7 Å². The van der Waals surface area contributed by atoms with Gasteiger partial charge in [-0.1, -0.05) is 0 Å². The third-order valence-electron chi connectivity index (χ3n) is 2.65. The smallest absolute Gasteiger partial charge is 0.358 e. The standard InChI is InChI=1S/C11H16N2O2S/c1-4-15-10(14)9-7(2)16-11(12-9)13(3)8-5-6-8/h8H,4-6H2,1-3H3. The van der Waals surface area contributed by atoms with Crippen molar-refractivity contribution in [3.63, 3.8) is 0 Å². The summed E-state index contributed by atoms with van der Waals surface area (Å²) < 4.78 is 4.96. The van der Waals surface area contributed by atoms with Crippen LogP contribution >= 0.6 is 11.3 Å². The summed E-state index contributed by atoms with van der Waals surface area (Å²) in [4.78, 5) is 19.0. The molecule has 0 radical (unpaired) electrons. The van der Waals surface area contributed by atoms with Gasteiger partial charge in [-0.15, -0.1) is 11.3 Å². The Hall–Kier alpha value is -1.10. The minimum atomic E-state index is -0.313. The predicted octanol–water partition coefficient (Wildman–Crippen LogP) is 2.23. The lowest BCUT2D eigenvalue weighted by molar-refractivity contribution is 0.0519. The fourth-order valence-corrected chi connectivity index (χ4v) is 2.47.